The van der Waals surface area contributed by atoms with Crippen LogP contribution in [0.3, 0.4) is 0 Å². The first-order valence-electron chi connectivity index (χ1n) is 10.4. The molecule has 1 atom stereocenters. The highest BCUT2D eigenvalue weighted by molar-refractivity contribution is 5.95. The molecule has 8 nitrogen and oxygen atoms in total. The van der Waals surface area contributed by atoms with Crippen molar-refractivity contribution in [3.8, 4) is 5.75 Å². The van der Waals surface area contributed by atoms with Crippen LogP contribution >= 0.6 is 0 Å². The van der Waals surface area contributed by atoms with Gasteiger partial charge in [-0.15, -0.1) is 10.2 Å². The van der Waals surface area contributed by atoms with Crippen molar-refractivity contribution in [3.05, 3.63) is 35.4 Å². The number of amides is 1. The van der Waals surface area contributed by atoms with E-state index in [0.717, 1.165) is 62.1 Å². The molecule has 1 aromatic carbocycles. The van der Waals surface area contributed by atoms with Crippen molar-refractivity contribution in [1.29, 1.82) is 0 Å². The molecule has 1 aromatic heterocycles. The molecule has 2 N–H and O–H groups in total. The minimum absolute atomic E-state index is 0.112. The Morgan fingerprint density at radius 2 is 2.14 bits per heavy atom. The Labute approximate surface area is 171 Å². The summed E-state index contributed by atoms with van der Waals surface area (Å²) in [6.07, 6.45) is 1.66. The molecule has 0 unspecified atom stereocenters. The van der Waals surface area contributed by atoms with Crippen LogP contribution in [-0.4, -0.2) is 54.0 Å². The van der Waals surface area contributed by atoms with Gasteiger partial charge in [-0.1, -0.05) is 13.8 Å². The first-order valence-corrected chi connectivity index (χ1v) is 10.4. The van der Waals surface area contributed by atoms with Gasteiger partial charge in [0, 0.05) is 38.7 Å². The maximum Gasteiger partial charge on any atom is 0.252 e. The van der Waals surface area contributed by atoms with E-state index < -0.39 is 0 Å². The summed E-state index contributed by atoms with van der Waals surface area (Å²) in [7, 11) is 2.03. The maximum atomic E-state index is 13.1. The van der Waals surface area contributed by atoms with E-state index in [-0.39, 0.29) is 11.9 Å². The topological polar surface area (TPSA) is 84.3 Å². The molecule has 0 fully saturated rings. The molecule has 29 heavy (non-hydrogen) atoms. The third-order valence-electron chi connectivity index (χ3n) is 5.54. The molecule has 1 amide bonds. The second-order valence-corrected chi connectivity index (χ2v) is 8.23. The molecule has 156 valence electrons. The van der Waals surface area contributed by atoms with E-state index in [9.17, 15) is 4.79 Å². The van der Waals surface area contributed by atoms with Gasteiger partial charge in [-0.25, -0.2) is 0 Å². The Balaban J connectivity index is 1.57. The van der Waals surface area contributed by atoms with Crippen LogP contribution in [0.1, 0.15) is 48.3 Å². The number of anilines is 1. The average molecular weight is 399 g/mol. The van der Waals surface area contributed by atoms with E-state index in [4.69, 9.17) is 4.74 Å². The van der Waals surface area contributed by atoms with Crippen LogP contribution in [-0.2, 0) is 13.0 Å². The molecule has 8 heteroatoms. The van der Waals surface area contributed by atoms with E-state index in [1.54, 1.807) is 0 Å². The number of carbonyl (C=O) groups is 1. The number of benzene rings is 1. The fourth-order valence-corrected chi connectivity index (χ4v) is 3.99. The Hall–Kier alpha value is -2.61. The number of rotatable bonds is 5. The third kappa shape index (κ3) is 4.22. The van der Waals surface area contributed by atoms with Crippen molar-refractivity contribution in [2.75, 3.05) is 38.2 Å². The summed E-state index contributed by atoms with van der Waals surface area (Å²) in [5, 5.41) is 15.4. The largest absolute Gasteiger partial charge is 0.490 e. The molecule has 0 spiro atoms. The normalized spacial score (nSPS) is 17.2. The number of hydrogen-bond acceptors (Lipinski definition) is 6. The zero-order valence-electron chi connectivity index (χ0n) is 17.4. The van der Waals surface area contributed by atoms with Gasteiger partial charge in [-0.05, 0) is 30.5 Å². The van der Waals surface area contributed by atoms with Crippen LogP contribution in [0, 0.1) is 5.92 Å². The molecule has 0 bridgehead atoms. The SMILES string of the molecule is CC(C)C[C@@H](NC(=O)c1ccc2c(c1)OCCN2C)c1nnc2n1CCNCC2. The molecule has 0 saturated carbocycles. The molecule has 2 aromatic rings. The highest BCUT2D eigenvalue weighted by Crippen LogP contribution is 2.32. The summed E-state index contributed by atoms with van der Waals surface area (Å²) >= 11 is 0. The summed E-state index contributed by atoms with van der Waals surface area (Å²) in [5.74, 6) is 2.89. The second kappa shape index (κ2) is 8.41. The maximum absolute atomic E-state index is 13.1. The number of nitrogens with zero attached hydrogens (tertiary/aromatic N) is 4. The van der Waals surface area contributed by atoms with Crippen LogP contribution in [0.2, 0.25) is 0 Å². The third-order valence-corrected chi connectivity index (χ3v) is 5.54. The quantitative estimate of drug-likeness (QED) is 0.799. The monoisotopic (exact) mass is 398 g/mol. The minimum Gasteiger partial charge on any atom is -0.490 e. The Bertz CT molecular complexity index is 878. The van der Waals surface area contributed by atoms with Crippen molar-refractivity contribution in [2.45, 2.75) is 39.3 Å². The van der Waals surface area contributed by atoms with Crippen molar-refractivity contribution < 1.29 is 9.53 Å². The van der Waals surface area contributed by atoms with Crippen LogP contribution in [0.15, 0.2) is 18.2 Å². The van der Waals surface area contributed by atoms with Crippen LogP contribution in [0.5, 0.6) is 5.75 Å². The zero-order chi connectivity index (χ0) is 20.4. The van der Waals surface area contributed by atoms with Gasteiger partial charge >= 0.3 is 0 Å². The lowest BCUT2D eigenvalue weighted by molar-refractivity contribution is 0.0928. The summed E-state index contributed by atoms with van der Waals surface area (Å²) in [5.41, 5.74) is 1.62. The fourth-order valence-electron chi connectivity index (χ4n) is 3.99. The number of carbonyl (C=O) groups excluding carboxylic acids is 1. The van der Waals surface area contributed by atoms with E-state index in [1.165, 1.54) is 0 Å². The number of ether oxygens (including phenoxy) is 1. The highest BCUT2D eigenvalue weighted by atomic mass is 16.5. The van der Waals surface area contributed by atoms with Gasteiger partial charge in [0.1, 0.15) is 18.2 Å². The average Bonchev–Trinajstić information content (AvgIpc) is 2.95. The smallest absolute Gasteiger partial charge is 0.252 e. The van der Waals surface area contributed by atoms with Crippen molar-refractivity contribution >= 4 is 11.6 Å². The number of hydrogen-bond donors (Lipinski definition) is 2. The summed E-state index contributed by atoms with van der Waals surface area (Å²) in [6.45, 7) is 8.40. The molecule has 2 aliphatic heterocycles. The molecule has 0 aliphatic carbocycles. The Morgan fingerprint density at radius 3 is 2.97 bits per heavy atom. The lowest BCUT2D eigenvalue weighted by atomic mass is 10.0. The Morgan fingerprint density at radius 1 is 1.28 bits per heavy atom. The number of aromatic nitrogens is 3. The highest BCUT2D eigenvalue weighted by Gasteiger charge is 2.26. The molecular weight excluding hydrogens is 368 g/mol. The van der Waals surface area contributed by atoms with E-state index in [1.807, 2.05) is 25.2 Å². The molecule has 4 rings (SSSR count). The van der Waals surface area contributed by atoms with Gasteiger partial charge in [-0.2, -0.15) is 0 Å². The minimum atomic E-state index is -0.179. The van der Waals surface area contributed by atoms with Crippen molar-refractivity contribution in [2.24, 2.45) is 5.92 Å². The predicted molar refractivity (Wildman–Crippen MR) is 111 cm³/mol. The second-order valence-electron chi connectivity index (χ2n) is 8.23. The van der Waals surface area contributed by atoms with E-state index in [2.05, 4.69) is 44.1 Å². The molecule has 2 aliphatic rings. The van der Waals surface area contributed by atoms with Crippen molar-refractivity contribution in [3.63, 3.8) is 0 Å². The summed E-state index contributed by atoms with van der Waals surface area (Å²) in [4.78, 5) is 15.2. The van der Waals surface area contributed by atoms with Crippen LogP contribution < -0.4 is 20.3 Å². The Kier molecular flexibility index (Phi) is 5.71. The number of nitrogens with one attached hydrogen (secondary N) is 2. The first kappa shape index (κ1) is 19.7. The van der Waals surface area contributed by atoms with Gasteiger partial charge < -0.3 is 24.8 Å². The van der Waals surface area contributed by atoms with Gasteiger partial charge in [0.15, 0.2) is 5.82 Å². The lowest BCUT2D eigenvalue weighted by Gasteiger charge is -2.28. The predicted octanol–water partition coefficient (Wildman–Crippen LogP) is 1.77. The van der Waals surface area contributed by atoms with Crippen LogP contribution in [0.25, 0.3) is 0 Å². The van der Waals surface area contributed by atoms with Gasteiger partial charge in [0.2, 0.25) is 0 Å². The van der Waals surface area contributed by atoms with E-state index >= 15 is 0 Å². The number of fused-ring (bicyclic) bond motifs is 2. The van der Waals surface area contributed by atoms with Gasteiger partial charge in [0.05, 0.1) is 18.3 Å². The van der Waals surface area contributed by atoms with Crippen molar-refractivity contribution in [1.82, 2.24) is 25.4 Å². The standard InChI is InChI=1S/C21H30N6O2/c1-14(2)12-16(20-25-24-19-6-7-22-8-9-27(19)20)23-21(28)15-4-5-17-18(13-15)29-11-10-26(17)3/h4-5,13-14,16,22H,6-12H2,1-3H3,(H,23,28)/t16-/m1/s1. The lowest BCUT2D eigenvalue weighted by Crippen LogP contribution is -2.33. The molecule has 0 saturated heterocycles. The van der Waals surface area contributed by atoms with Crippen LogP contribution in [0.4, 0.5) is 5.69 Å². The molecular formula is C21H30N6O2. The summed E-state index contributed by atoms with van der Waals surface area (Å²) in [6, 6.07) is 5.47. The fraction of sp³-hybridized carbons (Fsp3) is 0.571. The van der Waals surface area contributed by atoms with Gasteiger partial charge in [-0.3, -0.25) is 4.79 Å². The number of likely N-dealkylation sites (N-methyl/N-ethyl adjacent to an activating group) is 1. The molecule has 3 heterocycles. The van der Waals surface area contributed by atoms with Gasteiger partial charge in [0.25, 0.3) is 5.91 Å². The summed E-state index contributed by atoms with van der Waals surface area (Å²) < 4.78 is 7.92. The van der Waals surface area contributed by atoms with E-state index in [0.29, 0.717) is 18.1 Å². The first-order chi connectivity index (χ1) is 14.0. The molecule has 0 radical (unpaired) electrons. The zero-order valence-corrected chi connectivity index (χ0v) is 17.4.